The summed E-state index contributed by atoms with van der Waals surface area (Å²) in [5, 5.41) is 3.49. The van der Waals surface area contributed by atoms with Crippen LogP contribution in [0.15, 0.2) is 23.1 Å². The summed E-state index contributed by atoms with van der Waals surface area (Å²) in [5.74, 6) is 0.738. The predicted molar refractivity (Wildman–Crippen MR) is 83.8 cm³/mol. The fraction of sp³-hybridized carbons (Fsp3) is 0.600. The zero-order chi connectivity index (χ0) is 15.1. The van der Waals surface area contributed by atoms with Crippen molar-refractivity contribution >= 4 is 21.6 Å². The van der Waals surface area contributed by atoms with Gasteiger partial charge in [0.05, 0.1) is 4.90 Å². The third kappa shape index (κ3) is 3.26. The van der Waals surface area contributed by atoms with Gasteiger partial charge < -0.3 is 5.32 Å². The molecular weight excluding hydrogens is 308 g/mol. The summed E-state index contributed by atoms with van der Waals surface area (Å²) >= 11 is 6.14. The molecule has 0 atom stereocenters. The van der Waals surface area contributed by atoms with Crippen LogP contribution in [0.2, 0.25) is 5.02 Å². The molecule has 0 aliphatic heterocycles. The lowest BCUT2D eigenvalue weighted by atomic mass is 10.0. The van der Waals surface area contributed by atoms with Crippen molar-refractivity contribution < 1.29 is 8.42 Å². The van der Waals surface area contributed by atoms with E-state index in [1.54, 1.807) is 12.1 Å². The van der Waals surface area contributed by atoms with Crippen molar-refractivity contribution in [3.8, 4) is 0 Å². The SMILES string of the molecule is CNCc1ccc(S(=O)(=O)NCC2(C3CC3)CC2)cc1Cl. The van der Waals surface area contributed by atoms with Crippen molar-refractivity contribution in [3.05, 3.63) is 28.8 Å². The molecule has 0 aromatic heterocycles. The fourth-order valence-corrected chi connectivity index (χ4v) is 4.41. The number of benzene rings is 1. The van der Waals surface area contributed by atoms with Crippen LogP contribution in [0.3, 0.4) is 0 Å². The highest BCUT2D eigenvalue weighted by Gasteiger charge is 2.53. The second-order valence-corrected chi connectivity index (χ2v) is 8.42. The van der Waals surface area contributed by atoms with Crippen LogP contribution < -0.4 is 10.0 Å². The van der Waals surface area contributed by atoms with E-state index in [0.717, 1.165) is 24.3 Å². The molecule has 4 nitrogen and oxygen atoms in total. The van der Waals surface area contributed by atoms with E-state index in [4.69, 9.17) is 11.6 Å². The van der Waals surface area contributed by atoms with Gasteiger partial charge in [-0.1, -0.05) is 17.7 Å². The summed E-state index contributed by atoms with van der Waals surface area (Å²) < 4.78 is 27.5. The number of rotatable bonds is 7. The molecule has 1 aromatic carbocycles. The van der Waals surface area contributed by atoms with Gasteiger partial charge in [-0.15, -0.1) is 0 Å². The van der Waals surface area contributed by atoms with E-state index in [2.05, 4.69) is 10.0 Å². The second kappa shape index (κ2) is 5.54. The summed E-state index contributed by atoms with van der Waals surface area (Å²) in [6.45, 7) is 1.19. The molecule has 2 N–H and O–H groups in total. The third-order valence-electron chi connectivity index (χ3n) is 4.65. The average molecular weight is 329 g/mol. The predicted octanol–water partition coefficient (Wildman–Crippen LogP) is 2.53. The smallest absolute Gasteiger partial charge is 0.240 e. The summed E-state index contributed by atoms with van der Waals surface area (Å²) in [4.78, 5) is 0.249. The average Bonchev–Trinajstić information content (AvgIpc) is 3.31. The van der Waals surface area contributed by atoms with Crippen LogP contribution in [0.25, 0.3) is 0 Å². The molecule has 1 aromatic rings. The highest BCUT2D eigenvalue weighted by Crippen LogP contribution is 2.60. The molecule has 2 aliphatic carbocycles. The normalized spacial score (nSPS) is 20.5. The molecule has 116 valence electrons. The first-order valence-corrected chi connectivity index (χ1v) is 9.26. The molecule has 0 amide bonds. The topological polar surface area (TPSA) is 58.2 Å². The number of halogens is 1. The van der Waals surface area contributed by atoms with Crippen molar-refractivity contribution in [1.29, 1.82) is 0 Å². The second-order valence-electron chi connectivity index (χ2n) is 6.24. The van der Waals surface area contributed by atoms with Gasteiger partial charge in [-0.05, 0) is 61.8 Å². The Morgan fingerprint density at radius 3 is 2.57 bits per heavy atom. The lowest BCUT2D eigenvalue weighted by Crippen LogP contribution is -2.31. The van der Waals surface area contributed by atoms with Crippen LogP contribution in [0, 0.1) is 11.3 Å². The Morgan fingerprint density at radius 1 is 1.33 bits per heavy atom. The van der Waals surface area contributed by atoms with E-state index >= 15 is 0 Å². The van der Waals surface area contributed by atoms with Gasteiger partial charge >= 0.3 is 0 Å². The Balaban J connectivity index is 1.70. The molecule has 21 heavy (non-hydrogen) atoms. The Kier molecular flexibility index (Phi) is 4.03. The van der Waals surface area contributed by atoms with Crippen LogP contribution in [0.1, 0.15) is 31.2 Å². The van der Waals surface area contributed by atoms with Crippen LogP contribution in [-0.4, -0.2) is 22.0 Å². The number of nitrogens with one attached hydrogen (secondary N) is 2. The van der Waals surface area contributed by atoms with E-state index in [1.807, 2.05) is 7.05 Å². The standard InChI is InChI=1S/C15H21ClN2O2S/c1-17-9-11-2-5-13(8-14(11)16)21(19,20)18-10-15(6-7-15)12-3-4-12/h2,5,8,12,17-18H,3-4,6-7,9-10H2,1H3. The van der Waals surface area contributed by atoms with E-state index in [9.17, 15) is 8.42 Å². The lowest BCUT2D eigenvalue weighted by Gasteiger charge is -2.15. The van der Waals surface area contributed by atoms with E-state index in [0.29, 0.717) is 18.1 Å². The molecule has 0 radical (unpaired) electrons. The molecular formula is C15H21ClN2O2S. The maximum Gasteiger partial charge on any atom is 0.240 e. The molecule has 2 aliphatic rings. The fourth-order valence-electron chi connectivity index (χ4n) is 2.94. The minimum atomic E-state index is -3.47. The van der Waals surface area contributed by atoms with Crippen LogP contribution >= 0.6 is 11.6 Å². The highest BCUT2D eigenvalue weighted by atomic mass is 35.5. The first kappa shape index (κ1) is 15.3. The number of hydrogen-bond acceptors (Lipinski definition) is 3. The van der Waals surface area contributed by atoms with Crippen molar-refractivity contribution in [2.75, 3.05) is 13.6 Å². The van der Waals surface area contributed by atoms with E-state index in [-0.39, 0.29) is 10.3 Å². The molecule has 2 saturated carbocycles. The maximum absolute atomic E-state index is 12.4. The van der Waals surface area contributed by atoms with Crippen LogP contribution in [-0.2, 0) is 16.6 Å². The van der Waals surface area contributed by atoms with Crippen molar-refractivity contribution in [2.24, 2.45) is 11.3 Å². The first-order chi connectivity index (χ1) is 9.97. The van der Waals surface area contributed by atoms with E-state index < -0.39 is 10.0 Å². The molecule has 0 saturated heterocycles. The van der Waals surface area contributed by atoms with Gasteiger partial charge in [0.1, 0.15) is 0 Å². The van der Waals surface area contributed by atoms with Gasteiger partial charge in [-0.3, -0.25) is 0 Å². The molecule has 0 bridgehead atoms. The summed E-state index contributed by atoms with van der Waals surface area (Å²) in [6.07, 6.45) is 4.82. The number of sulfonamides is 1. The van der Waals surface area contributed by atoms with E-state index in [1.165, 1.54) is 18.9 Å². The Hall–Kier alpha value is -0.620. The van der Waals surface area contributed by atoms with Gasteiger partial charge in [0.2, 0.25) is 10.0 Å². The van der Waals surface area contributed by atoms with Gasteiger partial charge in [0.15, 0.2) is 0 Å². The minimum absolute atomic E-state index is 0.249. The first-order valence-electron chi connectivity index (χ1n) is 7.40. The molecule has 0 spiro atoms. The third-order valence-corrected chi connectivity index (χ3v) is 6.40. The molecule has 0 heterocycles. The molecule has 3 rings (SSSR count). The minimum Gasteiger partial charge on any atom is -0.316 e. The quantitative estimate of drug-likeness (QED) is 0.808. The van der Waals surface area contributed by atoms with Crippen molar-refractivity contribution in [3.63, 3.8) is 0 Å². The summed E-state index contributed by atoms with van der Waals surface area (Å²) in [6, 6.07) is 4.92. The molecule has 2 fully saturated rings. The Labute approximate surface area is 131 Å². The largest absolute Gasteiger partial charge is 0.316 e. The van der Waals surface area contributed by atoms with Crippen LogP contribution in [0.5, 0.6) is 0 Å². The summed E-state index contributed by atoms with van der Waals surface area (Å²) in [5.41, 5.74) is 1.15. The Bertz CT molecular complexity index is 637. The summed E-state index contributed by atoms with van der Waals surface area (Å²) in [7, 11) is -1.64. The van der Waals surface area contributed by atoms with Gasteiger partial charge in [0, 0.05) is 18.1 Å². The number of hydrogen-bond donors (Lipinski definition) is 2. The zero-order valence-electron chi connectivity index (χ0n) is 12.2. The molecule has 0 unspecified atom stereocenters. The highest BCUT2D eigenvalue weighted by molar-refractivity contribution is 7.89. The van der Waals surface area contributed by atoms with Gasteiger partial charge in [-0.25, -0.2) is 13.1 Å². The maximum atomic E-state index is 12.4. The Morgan fingerprint density at radius 2 is 2.05 bits per heavy atom. The zero-order valence-corrected chi connectivity index (χ0v) is 13.7. The van der Waals surface area contributed by atoms with Crippen LogP contribution in [0.4, 0.5) is 0 Å². The van der Waals surface area contributed by atoms with Gasteiger partial charge in [0.25, 0.3) is 0 Å². The van der Waals surface area contributed by atoms with Crippen molar-refractivity contribution in [1.82, 2.24) is 10.0 Å². The lowest BCUT2D eigenvalue weighted by molar-refractivity contribution is 0.432. The van der Waals surface area contributed by atoms with Gasteiger partial charge in [-0.2, -0.15) is 0 Å². The monoisotopic (exact) mass is 328 g/mol. The van der Waals surface area contributed by atoms with Crippen molar-refractivity contribution in [2.45, 2.75) is 37.1 Å². The molecule has 6 heteroatoms.